The van der Waals surface area contributed by atoms with Crippen LogP contribution in [0.4, 0.5) is 5.69 Å². The number of rotatable bonds is 4. The van der Waals surface area contributed by atoms with Gasteiger partial charge in [-0.15, -0.1) is 0 Å². The minimum absolute atomic E-state index is 0.0740. The van der Waals surface area contributed by atoms with E-state index < -0.39 is 5.97 Å². The topological polar surface area (TPSA) is 109 Å². The van der Waals surface area contributed by atoms with Crippen molar-refractivity contribution >= 4 is 11.7 Å². The van der Waals surface area contributed by atoms with Crippen molar-refractivity contribution in [1.29, 1.82) is 0 Å². The van der Waals surface area contributed by atoms with E-state index in [1.54, 1.807) is 18.5 Å². The summed E-state index contributed by atoms with van der Waals surface area (Å²) < 4.78 is 1.51. The molecule has 0 radical (unpaired) electrons. The molecule has 0 atom stereocenters. The van der Waals surface area contributed by atoms with Crippen molar-refractivity contribution in [3.05, 3.63) is 30.9 Å². The molecule has 0 aliphatic rings. The lowest BCUT2D eigenvalue weighted by atomic mass is 10.3. The van der Waals surface area contributed by atoms with Gasteiger partial charge in [0.2, 0.25) is 0 Å². The number of aromatic nitrogens is 4. The number of nitrogens with two attached hydrogens (primary N) is 1. The van der Waals surface area contributed by atoms with E-state index in [4.69, 9.17) is 5.73 Å². The molecule has 18 heavy (non-hydrogen) atoms. The van der Waals surface area contributed by atoms with Crippen LogP contribution < -0.4 is 15.5 Å². The monoisotopic (exact) mass is 245 g/mol. The van der Waals surface area contributed by atoms with Gasteiger partial charge in [0.25, 0.3) is 0 Å². The van der Waals surface area contributed by atoms with Crippen molar-refractivity contribution < 1.29 is 14.6 Å². The minimum Gasteiger partial charge on any atom is -0.550 e. The molecule has 0 aromatic carbocycles. The summed E-state index contributed by atoms with van der Waals surface area (Å²) in [4.78, 5) is 18.4. The fraction of sp³-hybridized carbons (Fsp3) is 0.182. The Kier molecular flexibility index (Phi) is 3.42. The van der Waals surface area contributed by atoms with Gasteiger partial charge in [0.15, 0.2) is 18.6 Å². The van der Waals surface area contributed by atoms with Crippen molar-refractivity contribution in [2.75, 3.05) is 5.73 Å². The maximum Gasteiger partial charge on any atom is 0.197 e. The lowest BCUT2D eigenvalue weighted by Gasteiger charge is -1.99. The second-order valence-corrected chi connectivity index (χ2v) is 3.64. The second-order valence-electron chi connectivity index (χ2n) is 3.64. The lowest BCUT2D eigenvalue weighted by Crippen LogP contribution is -2.40. The summed E-state index contributed by atoms with van der Waals surface area (Å²) in [5.74, 6) is -0.584. The van der Waals surface area contributed by atoms with E-state index in [0.717, 1.165) is 5.56 Å². The number of carboxylic acids is 1. The van der Waals surface area contributed by atoms with Gasteiger partial charge in [0.05, 0.1) is 18.1 Å². The van der Waals surface area contributed by atoms with E-state index in [-0.39, 0.29) is 13.0 Å². The number of carboxylic acid groups (broad SMARTS) is 1. The number of carbonyl (C=O) groups is 1. The number of anilines is 1. The van der Waals surface area contributed by atoms with Crippen LogP contribution in [-0.4, -0.2) is 21.0 Å². The highest BCUT2D eigenvalue weighted by molar-refractivity contribution is 5.63. The third-order valence-electron chi connectivity index (χ3n) is 2.25. The van der Waals surface area contributed by atoms with Gasteiger partial charge >= 0.3 is 0 Å². The molecule has 2 aromatic heterocycles. The van der Waals surface area contributed by atoms with Gasteiger partial charge in [0.1, 0.15) is 6.20 Å². The van der Waals surface area contributed by atoms with Crippen molar-refractivity contribution in [2.24, 2.45) is 0 Å². The Labute approximate surface area is 103 Å². The summed E-state index contributed by atoms with van der Waals surface area (Å²) in [6, 6.07) is 1.76. The zero-order valence-corrected chi connectivity index (χ0v) is 9.48. The number of hydrogen-bond acceptors (Lipinski definition) is 6. The van der Waals surface area contributed by atoms with Crippen LogP contribution in [0.15, 0.2) is 30.9 Å². The summed E-state index contributed by atoms with van der Waals surface area (Å²) in [7, 11) is 0. The Morgan fingerprint density at radius 3 is 2.61 bits per heavy atom. The molecular weight excluding hydrogens is 234 g/mol. The molecule has 2 rings (SSSR count). The molecule has 7 nitrogen and oxygen atoms in total. The largest absolute Gasteiger partial charge is 0.550 e. The van der Waals surface area contributed by atoms with Gasteiger partial charge < -0.3 is 15.6 Å². The Balaban J connectivity index is 2.12. The molecule has 0 unspecified atom stereocenters. The van der Waals surface area contributed by atoms with E-state index in [2.05, 4.69) is 15.1 Å². The average Bonchev–Trinajstić information content (AvgIpc) is 2.38. The van der Waals surface area contributed by atoms with Crippen LogP contribution in [0.25, 0.3) is 11.4 Å². The SMILES string of the molecule is Nc1cnc(-c2cc[n+](CCC(=O)[O-])nc2)nc1. The third-order valence-corrected chi connectivity index (χ3v) is 2.25. The van der Waals surface area contributed by atoms with E-state index in [1.807, 2.05) is 0 Å². The fourth-order valence-electron chi connectivity index (χ4n) is 1.34. The smallest absolute Gasteiger partial charge is 0.197 e. The van der Waals surface area contributed by atoms with Crippen molar-refractivity contribution in [2.45, 2.75) is 13.0 Å². The molecular formula is C11H11N5O2. The van der Waals surface area contributed by atoms with Gasteiger partial charge in [0, 0.05) is 24.0 Å². The fourth-order valence-corrected chi connectivity index (χ4v) is 1.34. The van der Waals surface area contributed by atoms with Gasteiger partial charge in [-0.25, -0.2) is 9.97 Å². The first-order valence-electron chi connectivity index (χ1n) is 5.28. The van der Waals surface area contributed by atoms with Crippen LogP contribution in [0.3, 0.4) is 0 Å². The Morgan fingerprint density at radius 1 is 1.33 bits per heavy atom. The molecule has 0 saturated heterocycles. The Bertz CT molecular complexity index is 538. The third kappa shape index (κ3) is 2.97. The standard InChI is InChI=1S/C11H11N5O2/c12-9-6-13-11(14-7-9)8-1-3-16(15-5-8)4-2-10(17)18/h1,3,5-7,12H,2,4H2,(H,17,18). The zero-order valence-electron chi connectivity index (χ0n) is 9.48. The number of nitrogen functional groups attached to an aromatic ring is 1. The molecule has 7 heteroatoms. The predicted octanol–water partition coefficient (Wildman–Crippen LogP) is -1.45. The molecule has 0 spiro atoms. The maximum atomic E-state index is 10.3. The van der Waals surface area contributed by atoms with Crippen LogP contribution in [0.1, 0.15) is 6.42 Å². The Hall–Kier alpha value is -2.57. The molecule has 0 fully saturated rings. The molecule has 0 bridgehead atoms. The van der Waals surface area contributed by atoms with Crippen LogP contribution in [-0.2, 0) is 11.3 Å². The lowest BCUT2D eigenvalue weighted by molar-refractivity contribution is -0.753. The van der Waals surface area contributed by atoms with Crippen molar-refractivity contribution in [1.82, 2.24) is 15.1 Å². The molecule has 0 amide bonds. The summed E-state index contributed by atoms with van der Waals surface area (Å²) in [6.45, 7) is 0.269. The van der Waals surface area contributed by atoms with Gasteiger partial charge in [-0.1, -0.05) is 4.68 Å². The first kappa shape index (κ1) is 11.9. The highest BCUT2D eigenvalue weighted by Crippen LogP contribution is 2.11. The number of aliphatic carboxylic acids is 1. The summed E-state index contributed by atoms with van der Waals surface area (Å²) >= 11 is 0. The van der Waals surface area contributed by atoms with Crippen LogP contribution in [0.2, 0.25) is 0 Å². The van der Waals surface area contributed by atoms with E-state index >= 15 is 0 Å². The minimum atomic E-state index is -1.10. The van der Waals surface area contributed by atoms with E-state index in [0.29, 0.717) is 11.5 Å². The molecule has 2 heterocycles. The number of carbonyl (C=O) groups excluding carboxylic acids is 1. The highest BCUT2D eigenvalue weighted by Gasteiger charge is 2.06. The maximum absolute atomic E-state index is 10.3. The van der Waals surface area contributed by atoms with Crippen molar-refractivity contribution in [3.63, 3.8) is 0 Å². The summed E-state index contributed by atoms with van der Waals surface area (Å²) in [5.41, 5.74) is 6.72. The number of hydrogen-bond donors (Lipinski definition) is 1. The summed E-state index contributed by atoms with van der Waals surface area (Å²) in [5, 5.41) is 14.4. The second kappa shape index (κ2) is 5.17. The first-order valence-corrected chi connectivity index (χ1v) is 5.28. The van der Waals surface area contributed by atoms with Crippen LogP contribution in [0.5, 0.6) is 0 Å². The average molecular weight is 245 g/mol. The molecule has 0 saturated carbocycles. The van der Waals surface area contributed by atoms with Crippen LogP contribution >= 0.6 is 0 Å². The van der Waals surface area contributed by atoms with Gasteiger partial charge in [-0.2, -0.15) is 0 Å². The normalized spacial score (nSPS) is 10.2. The van der Waals surface area contributed by atoms with Crippen LogP contribution in [0, 0.1) is 0 Å². The molecule has 92 valence electrons. The molecule has 2 N–H and O–H groups in total. The highest BCUT2D eigenvalue weighted by atomic mass is 16.4. The quantitative estimate of drug-likeness (QED) is 0.660. The molecule has 2 aromatic rings. The first-order chi connectivity index (χ1) is 8.65. The van der Waals surface area contributed by atoms with Crippen molar-refractivity contribution in [3.8, 4) is 11.4 Å². The number of nitrogens with zero attached hydrogens (tertiary/aromatic N) is 4. The Morgan fingerprint density at radius 2 is 2.06 bits per heavy atom. The van der Waals surface area contributed by atoms with Gasteiger partial charge in [-0.05, 0) is 5.10 Å². The molecule has 0 aliphatic heterocycles. The zero-order chi connectivity index (χ0) is 13.0. The summed E-state index contributed by atoms with van der Waals surface area (Å²) in [6.07, 6.45) is 6.19. The number of aryl methyl sites for hydroxylation is 1. The van der Waals surface area contributed by atoms with E-state index in [9.17, 15) is 9.90 Å². The van der Waals surface area contributed by atoms with Gasteiger partial charge in [-0.3, -0.25) is 0 Å². The van der Waals surface area contributed by atoms with E-state index in [1.165, 1.54) is 17.1 Å². The molecule has 0 aliphatic carbocycles. The predicted molar refractivity (Wildman–Crippen MR) is 59.5 cm³/mol.